The summed E-state index contributed by atoms with van der Waals surface area (Å²) in [6.45, 7) is 5.90. The number of aromatic nitrogens is 3. The van der Waals surface area contributed by atoms with Crippen molar-refractivity contribution in [1.82, 2.24) is 15.0 Å². The maximum absolute atomic E-state index is 12.6. The highest BCUT2D eigenvalue weighted by atomic mass is 19.4. The molecule has 1 amide bonds. The molecule has 0 fully saturated rings. The molecule has 5 nitrogen and oxygen atoms in total. The van der Waals surface area contributed by atoms with Gasteiger partial charge in [0, 0.05) is 11.6 Å². The van der Waals surface area contributed by atoms with Gasteiger partial charge in [-0.3, -0.25) is 10.1 Å². The molecule has 0 bridgehead atoms. The zero-order valence-corrected chi connectivity index (χ0v) is 13.5. The molecule has 2 aromatic rings. The van der Waals surface area contributed by atoms with E-state index in [-0.39, 0.29) is 23.5 Å². The van der Waals surface area contributed by atoms with Crippen LogP contribution in [0.5, 0.6) is 0 Å². The molecule has 0 saturated carbocycles. The van der Waals surface area contributed by atoms with Gasteiger partial charge in [0.2, 0.25) is 11.9 Å². The summed E-state index contributed by atoms with van der Waals surface area (Å²) < 4.78 is 37.9. The molecular formula is C16H17F3N4O. The number of pyridine rings is 1. The molecule has 0 radical (unpaired) electrons. The van der Waals surface area contributed by atoms with Gasteiger partial charge >= 0.3 is 6.18 Å². The van der Waals surface area contributed by atoms with Crippen LogP contribution in [0.1, 0.15) is 37.9 Å². The third-order valence-electron chi connectivity index (χ3n) is 3.11. The highest BCUT2D eigenvalue weighted by molar-refractivity contribution is 5.90. The molecule has 2 rings (SSSR count). The number of carbonyl (C=O) groups is 1. The molecule has 1 N–H and O–H groups in total. The van der Waals surface area contributed by atoms with Crippen LogP contribution in [-0.4, -0.2) is 20.9 Å². The molecular weight excluding hydrogens is 321 g/mol. The van der Waals surface area contributed by atoms with Gasteiger partial charge in [0.25, 0.3) is 0 Å². The Balaban J connectivity index is 2.09. The summed E-state index contributed by atoms with van der Waals surface area (Å²) >= 11 is 0. The second-order valence-corrected chi connectivity index (χ2v) is 6.25. The lowest BCUT2D eigenvalue weighted by Gasteiger charge is -2.17. The third-order valence-corrected chi connectivity index (χ3v) is 3.11. The SMILES string of the molecule is CC(C)(C)c1ccnc(NC(=O)Cc2cccc(C(F)(F)F)n2)n1. The molecule has 0 aliphatic rings. The van der Waals surface area contributed by atoms with Crippen molar-refractivity contribution in [3.05, 3.63) is 47.5 Å². The molecule has 128 valence electrons. The first-order valence-corrected chi connectivity index (χ1v) is 7.22. The summed E-state index contributed by atoms with van der Waals surface area (Å²) in [4.78, 5) is 23.6. The Kier molecular flexibility index (Phi) is 4.86. The lowest BCUT2D eigenvalue weighted by molar-refractivity contribution is -0.141. The Bertz CT molecular complexity index is 677. The minimum Gasteiger partial charge on any atom is -0.294 e. The van der Waals surface area contributed by atoms with Gasteiger partial charge in [0.1, 0.15) is 5.69 Å². The molecule has 2 aromatic heterocycles. The summed E-state index contributed by atoms with van der Waals surface area (Å²) in [6.07, 6.45) is -3.32. The van der Waals surface area contributed by atoms with Crippen molar-refractivity contribution < 1.29 is 18.0 Å². The minimum atomic E-state index is -4.55. The largest absolute Gasteiger partial charge is 0.433 e. The van der Waals surface area contributed by atoms with Crippen molar-refractivity contribution >= 4 is 11.9 Å². The van der Waals surface area contributed by atoms with Crippen LogP contribution >= 0.6 is 0 Å². The number of rotatable bonds is 3. The molecule has 0 aliphatic carbocycles. The molecule has 0 aromatic carbocycles. The summed E-state index contributed by atoms with van der Waals surface area (Å²) in [5.74, 6) is -0.424. The fourth-order valence-electron chi connectivity index (χ4n) is 1.91. The number of alkyl halides is 3. The van der Waals surface area contributed by atoms with Crippen molar-refractivity contribution in [2.24, 2.45) is 0 Å². The zero-order chi connectivity index (χ0) is 18.0. The van der Waals surface area contributed by atoms with Gasteiger partial charge in [-0.15, -0.1) is 0 Å². The molecule has 2 heterocycles. The fraction of sp³-hybridized carbons (Fsp3) is 0.375. The van der Waals surface area contributed by atoms with E-state index in [4.69, 9.17) is 0 Å². The van der Waals surface area contributed by atoms with E-state index >= 15 is 0 Å². The number of nitrogens with zero attached hydrogens (tertiary/aromatic N) is 3. The summed E-state index contributed by atoms with van der Waals surface area (Å²) in [5, 5.41) is 2.48. The topological polar surface area (TPSA) is 67.8 Å². The first-order valence-electron chi connectivity index (χ1n) is 7.22. The van der Waals surface area contributed by atoms with Gasteiger partial charge in [0.05, 0.1) is 17.8 Å². The van der Waals surface area contributed by atoms with Crippen LogP contribution in [0.15, 0.2) is 30.5 Å². The Morgan fingerprint density at radius 1 is 1.08 bits per heavy atom. The Hall–Kier alpha value is -2.51. The van der Waals surface area contributed by atoms with Crippen LogP contribution in [0, 0.1) is 0 Å². The standard InChI is InChI=1S/C16H17F3N4O/c1-15(2,3)11-7-8-20-14(22-11)23-13(24)9-10-5-4-6-12(21-10)16(17,18)19/h4-8H,9H2,1-3H3,(H,20,22,23,24). The van der Waals surface area contributed by atoms with Gasteiger partial charge in [-0.1, -0.05) is 26.8 Å². The average Bonchev–Trinajstić information content (AvgIpc) is 2.46. The van der Waals surface area contributed by atoms with E-state index in [2.05, 4.69) is 20.3 Å². The molecule has 0 unspecified atom stereocenters. The van der Waals surface area contributed by atoms with Crippen molar-refractivity contribution in [1.29, 1.82) is 0 Å². The predicted octanol–water partition coefficient (Wildman–Crippen LogP) is 3.37. The smallest absolute Gasteiger partial charge is 0.294 e. The van der Waals surface area contributed by atoms with E-state index in [9.17, 15) is 18.0 Å². The number of hydrogen-bond acceptors (Lipinski definition) is 4. The summed E-state index contributed by atoms with van der Waals surface area (Å²) in [7, 11) is 0. The van der Waals surface area contributed by atoms with E-state index < -0.39 is 17.8 Å². The van der Waals surface area contributed by atoms with Gasteiger partial charge in [-0.2, -0.15) is 13.2 Å². The number of nitrogens with one attached hydrogen (secondary N) is 1. The van der Waals surface area contributed by atoms with Gasteiger partial charge in [0.15, 0.2) is 0 Å². The first-order chi connectivity index (χ1) is 11.1. The number of halogens is 3. The van der Waals surface area contributed by atoms with Crippen LogP contribution < -0.4 is 5.32 Å². The molecule has 0 aliphatic heterocycles. The van der Waals surface area contributed by atoms with Crippen molar-refractivity contribution in [2.45, 2.75) is 38.8 Å². The van der Waals surface area contributed by atoms with Gasteiger partial charge < -0.3 is 0 Å². The van der Waals surface area contributed by atoms with E-state index in [1.807, 2.05) is 20.8 Å². The van der Waals surface area contributed by atoms with Crippen LogP contribution in [0.2, 0.25) is 0 Å². The number of anilines is 1. The maximum atomic E-state index is 12.6. The average molecular weight is 338 g/mol. The third kappa shape index (κ3) is 4.74. The van der Waals surface area contributed by atoms with Gasteiger partial charge in [-0.25, -0.2) is 15.0 Å². The Morgan fingerprint density at radius 3 is 2.42 bits per heavy atom. The van der Waals surface area contributed by atoms with Gasteiger partial charge in [-0.05, 0) is 18.2 Å². The van der Waals surface area contributed by atoms with Crippen molar-refractivity contribution in [2.75, 3.05) is 5.32 Å². The summed E-state index contributed by atoms with van der Waals surface area (Å²) in [5.41, 5.74) is -0.483. The predicted molar refractivity (Wildman–Crippen MR) is 82.3 cm³/mol. The molecule has 0 spiro atoms. The van der Waals surface area contributed by atoms with E-state index in [1.54, 1.807) is 6.07 Å². The van der Waals surface area contributed by atoms with E-state index in [1.165, 1.54) is 18.3 Å². The maximum Gasteiger partial charge on any atom is 0.433 e. The van der Waals surface area contributed by atoms with Crippen molar-refractivity contribution in [3.8, 4) is 0 Å². The van der Waals surface area contributed by atoms with Crippen LogP contribution in [0.25, 0.3) is 0 Å². The fourth-order valence-corrected chi connectivity index (χ4v) is 1.91. The zero-order valence-electron chi connectivity index (χ0n) is 13.5. The lowest BCUT2D eigenvalue weighted by Crippen LogP contribution is -2.20. The number of amides is 1. The molecule has 0 saturated heterocycles. The highest BCUT2D eigenvalue weighted by Crippen LogP contribution is 2.27. The number of hydrogen-bond donors (Lipinski definition) is 1. The monoisotopic (exact) mass is 338 g/mol. The van der Waals surface area contributed by atoms with Crippen LogP contribution in [-0.2, 0) is 22.8 Å². The van der Waals surface area contributed by atoms with Crippen LogP contribution in [0.3, 0.4) is 0 Å². The van der Waals surface area contributed by atoms with E-state index in [0.29, 0.717) is 0 Å². The molecule has 8 heteroatoms. The highest BCUT2D eigenvalue weighted by Gasteiger charge is 2.32. The molecule has 24 heavy (non-hydrogen) atoms. The second-order valence-electron chi connectivity index (χ2n) is 6.25. The van der Waals surface area contributed by atoms with Crippen molar-refractivity contribution in [3.63, 3.8) is 0 Å². The number of carbonyl (C=O) groups excluding carboxylic acids is 1. The first kappa shape index (κ1) is 17.8. The quantitative estimate of drug-likeness (QED) is 0.932. The Morgan fingerprint density at radius 2 is 1.79 bits per heavy atom. The lowest BCUT2D eigenvalue weighted by atomic mass is 9.92. The molecule has 0 atom stereocenters. The van der Waals surface area contributed by atoms with E-state index in [0.717, 1.165) is 11.8 Å². The second kappa shape index (κ2) is 6.54. The minimum absolute atomic E-state index is 0.0225. The summed E-state index contributed by atoms with van der Waals surface area (Å²) in [6, 6.07) is 5.18. The Labute approximate surface area is 137 Å². The normalized spacial score (nSPS) is 12.1. The van der Waals surface area contributed by atoms with Crippen LogP contribution in [0.4, 0.5) is 19.1 Å².